The summed E-state index contributed by atoms with van der Waals surface area (Å²) in [7, 11) is 0. The molecule has 0 saturated heterocycles. The Morgan fingerprint density at radius 2 is 2.11 bits per heavy atom. The van der Waals surface area contributed by atoms with Gasteiger partial charge in [0.05, 0.1) is 0 Å². The number of rotatable bonds is 8. The molecule has 1 aromatic rings. The van der Waals surface area contributed by atoms with Crippen molar-refractivity contribution in [2.75, 3.05) is 25.4 Å². The molecule has 0 aliphatic rings. The highest BCUT2D eigenvalue weighted by atomic mass is 79.9. The predicted octanol–water partition coefficient (Wildman–Crippen LogP) is 2.66. The van der Waals surface area contributed by atoms with E-state index in [0.29, 0.717) is 13.0 Å². The third kappa shape index (κ3) is 6.42. The average Bonchev–Trinajstić information content (AvgIpc) is 2.37. The molecule has 0 heterocycles. The van der Waals surface area contributed by atoms with Crippen LogP contribution in [0.25, 0.3) is 0 Å². The Hall–Kier alpha value is -0.520. The molecule has 0 aliphatic heterocycles. The van der Waals surface area contributed by atoms with E-state index in [0.717, 1.165) is 23.3 Å². The Bertz CT molecular complexity index is 374. The number of carbonyl (C=O) groups excluding carboxylic acids is 1. The zero-order valence-corrected chi connectivity index (χ0v) is 12.9. The lowest BCUT2D eigenvalue weighted by atomic mass is 10.4. The number of thioether (sulfide) groups is 1. The third-order valence-corrected chi connectivity index (χ3v) is 4.33. The summed E-state index contributed by atoms with van der Waals surface area (Å²) in [6.07, 6.45) is 0.554. The zero-order valence-electron chi connectivity index (χ0n) is 10.5. The smallest absolute Gasteiger partial charge is 0.220 e. The lowest BCUT2D eigenvalue weighted by molar-refractivity contribution is -0.120. The number of hydrogen-bond acceptors (Lipinski definition) is 3. The van der Waals surface area contributed by atoms with Crippen LogP contribution in [0.15, 0.2) is 33.6 Å². The SMILES string of the molecule is CCNCCNC(=O)CCSc1ccccc1Br. The lowest BCUT2D eigenvalue weighted by Crippen LogP contribution is -2.31. The zero-order chi connectivity index (χ0) is 13.2. The number of amides is 1. The Labute approximate surface area is 121 Å². The van der Waals surface area contributed by atoms with Gasteiger partial charge in [-0.1, -0.05) is 19.1 Å². The molecule has 100 valence electrons. The normalized spacial score (nSPS) is 10.3. The van der Waals surface area contributed by atoms with Gasteiger partial charge in [0.1, 0.15) is 0 Å². The largest absolute Gasteiger partial charge is 0.355 e. The van der Waals surface area contributed by atoms with Gasteiger partial charge in [0.2, 0.25) is 5.91 Å². The number of halogens is 1. The number of carbonyl (C=O) groups is 1. The van der Waals surface area contributed by atoms with E-state index in [-0.39, 0.29) is 5.91 Å². The molecule has 0 aliphatic carbocycles. The van der Waals surface area contributed by atoms with Crippen molar-refractivity contribution >= 4 is 33.6 Å². The maximum absolute atomic E-state index is 11.5. The van der Waals surface area contributed by atoms with Gasteiger partial charge in [0.25, 0.3) is 0 Å². The minimum absolute atomic E-state index is 0.118. The number of hydrogen-bond donors (Lipinski definition) is 2. The first-order valence-corrected chi connectivity index (χ1v) is 7.86. The minimum atomic E-state index is 0.118. The fourth-order valence-corrected chi connectivity index (χ4v) is 2.89. The van der Waals surface area contributed by atoms with Crippen molar-refractivity contribution in [3.8, 4) is 0 Å². The van der Waals surface area contributed by atoms with Crippen LogP contribution < -0.4 is 10.6 Å². The summed E-state index contributed by atoms with van der Waals surface area (Å²) in [5, 5.41) is 6.06. The van der Waals surface area contributed by atoms with Crippen molar-refractivity contribution in [3.05, 3.63) is 28.7 Å². The van der Waals surface area contributed by atoms with Gasteiger partial charge < -0.3 is 10.6 Å². The second-order valence-electron chi connectivity index (χ2n) is 3.73. The third-order valence-electron chi connectivity index (χ3n) is 2.30. The molecule has 0 radical (unpaired) electrons. The van der Waals surface area contributed by atoms with E-state index in [1.807, 2.05) is 18.2 Å². The van der Waals surface area contributed by atoms with E-state index in [1.54, 1.807) is 11.8 Å². The predicted molar refractivity (Wildman–Crippen MR) is 81.0 cm³/mol. The van der Waals surface area contributed by atoms with E-state index in [9.17, 15) is 4.79 Å². The van der Waals surface area contributed by atoms with Crippen LogP contribution in [0.2, 0.25) is 0 Å². The quantitative estimate of drug-likeness (QED) is 0.568. The van der Waals surface area contributed by atoms with E-state index in [4.69, 9.17) is 0 Å². The molecule has 1 rings (SSSR count). The van der Waals surface area contributed by atoms with Gasteiger partial charge in [-0.3, -0.25) is 4.79 Å². The van der Waals surface area contributed by atoms with Crippen LogP contribution in [-0.4, -0.2) is 31.3 Å². The van der Waals surface area contributed by atoms with Crippen molar-refractivity contribution in [2.45, 2.75) is 18.2 Å². The summed E-state index contributed by atoms with van der Waals surface area (Å²) in [4.78, 5) is 12.7. The molecule has 5 heteroatoms. The van der Waals surface area contributed by atoms with Crippen LogP contribution in [0.3, 0.4) is 0 Å². The first-order valence-electron chi connectivity index (χ1n) is 6.08. The maximum Gasteiger partial charge on any atom is 0.220 e. The van der Waals surface area contributed by atoms with Gasteiger partial charge in [0.15, 0.2) is 0 Å². The molecule has 0 atom stereocenters. The van der Waals surface area contributed by atoms with Gasteiger partial charge in [-0.25, -0.2) is 0 Å². The van der Waals surface area contributed by atoms with E-state index in [2.05, 4.69) is 39.6 Å². The molecular formula is C13H19BrN2OS. The highest BCUT2D eigenvalue weighted by Gasteiger charge is 2.03. The Morgan fingerprint density at radius 3 is 2.83 bits per heavy atom. The van der Waals surface area contributed by atoms with Gasteiger partial charge in [-0.15, -0.1) is 11.8 Å². The van der Waals surface area contributed by atoms with Crippen LogP contribution in [0.4, 0.5) is 0 Å². The molecule has 1 aromatic carbocycles. The number of likely N-dealkylation sites (N-methyl/N-ethyl adjacent to an activating group) is 1. The monoisotopic (exact) mass is 330 g/mol. The van der Waals surface area contributed by atoms with Crippen LogP contribution in [-0.2, 0) is 4.79 Å². The summed E-state index contributed by atoms with van der Waals surface area (Å²) < 4.78 is 1.09. The molecular weight excluding hydrogens is 312 g/mol. The highest BCUT2D eigenvalue weighted by molar-refractivity contribution is 9.10. The second-order valence-corrected chi connectivity index (χ2v) is 5.72. The molecule has 18 heavy (non-hydrogen) atoms. The molecule has 0 unspecified atom stereocenters. The second kappa shape index (κ2) is 9.42. The van der Waals surface area contributed by atoms with Gasteiger partial charge in [0, 0.05) is 34.6 Å². The standard InChI is InChI=1S/C13H19BrN2OS/c1-2-15-8-9-16-13(17)7-10-18-12-6-4-3-5-11(12)14/h3-6,15H,2,7-10H2,1H3,(H,16,17). The Kier molecular flexibility index (Phi) is 8.13. The maximum atomic E-state index is 11.5. The molecule has 3 nitrogen and oxygen atoms in total. The molecule has 0 spiro atoms. The van der Waals surface area contributed by atoms with Crippen LogP contribution in [0, 0.1) is 0 Å². The summed E-state index contributed by atoms with van der Waals surface area (Å²) in [6.45, 7) is 4.52. The molecule has 0 saturated carbocycles. The Morgan fingerprint density at radius 1 is 1.33 bits per heavy atom. The molecule has 0 fully saturated rings. The van der Waals surface area contributed by atoms with E-state index < -0.39 is 0 Å². The summed E-state index contributed by atoms with van der Waals surface area (Å²) in [5.74, 6) is 0.919. The lowest BCUT2D eigenvalue weighted by Gasteiger charge is -2.06. The average molecular weight is 331 g/mol. The van der Waals surface area contributed by atoms with E-state index in [1.165, 1.54) is 4.90 Å². The molecule has 0 bridgehead atoms. The topological polar surface area (TPSA) is 41.1 Å². The number of benzene rings is 1. The van der Waals surface area contributed by atoms with Crippen LogP contribution >= 0.6 is 27.7 Å². The van der Waals surface area contributed by atoms with Crippen LogP contribution in [0.5, 0.6) is 0 Å². The van der Waals surface area contributed by atoms with Gasteiger partial charge in [-0.05, 0) is 34.6 Å². The summed E-state index contributed by atoms with van der Waals surface area (Å²) >= 11 is 5.19. The first-order chi connectivity index (χ1) is 8.74. The molecule has 2 N–H and O–H groups in total. The van der Waals surface area contributed by atoms with Crippen molar-refractivity contribution in [3.63, 3.8) is 0 Å². The van der Waals surface area contributed by atoms with Crippen LogP contribution in [0.1, 0.15) is 13.3 Å². The number of nitrogens with one attached hydrogen (secondary N) is 2. The Balaban J connectivity index is 2.14. The van der Waals surface area contributed by atoms with Crippen molar-refractivity contribution < 1.29 is 4.79 Å². The van der Waals surface area contributed by atoms with Crippen molar-refractivity contribution in [1.82, 2.24) is 10.6 Å². The van der Waals surface area contributed by atoms with Gasteiger partial charge >= 0.3 is 0 Å². The van der Waals surface area contributed by atoms with Crippen molar-refractivity contribution in [2.24, 2.45) is 0 Å². The van der Waals surface area contributed by atoms with E-state index >= 15 is 0 Å². The fourth-order valence-electron chi connectivity index (χ4n) is 1.37. The molecule has 1 amide bonds. The summed E-state index contributed by atoms with van der Waals surface area (Å²) in [5.41, 5.74) is 0. The minimum Gasteiger partial charge on any atom is -0.355 e. The van der Waals surface area contributed by atoms with Gasteiger partial charge in [-0.2, -0.15) is 0 Å². The highest BCUT2D eigenvalue weighted by Crippen LogP contribution is 2.27. The summed E-state index contributed by atoms with van der Waals surface area (Å²) in [6, 6.07) is 8.06. The fraction of sp³-hybridized carbons (Fsp3) is 0.462. The van der Waals surface area contributed by atoms with Crippen molar-refractivity contribution in [1.29, 1.82) is 0 Å². The first kappa shape index (κ1) is 15.5. The molecule has 0 aromatic heterocycles.